The van der Waals surface area contributed by atoms with Crippen molar-refractivity contribution in [3.63, 3.8) is 0 Å². The molecule has 0 bridgehead atoms. The van der Waals surface area contributed by atoms with E-state index in [1.54, 1.807) is 0 Å². The quantitative estimate of drug-likeness (QED) is 0.875. The molecule has 1 atom stereocenters. The Morgan fingerprint density at radius 1 is 1.53 bits per heavy atom. The maximum absolute atomic E-state index is 5.58. The summed E-state index contributed by atoms with van der Waals surface area (Å²) in [5.74, 6) is 2.15. The Labute approximate surface area is 108 Å². The molecule has 1 fully saturated rings. The van der Waals surface area contributed by atoms with Gasteiger partial charge in [0.2, 0.25) is 5.89 Å². The summed E-state index contributed by atoms with van der Waals surface area (Å²) in [6.07, 6.45) is 3.44. The second-order valence-electron chi connectivity index (χ2n) is 4.53. The van der Waals surface area contributed by atoms with Crippen molar-refractivity contribution in [1.29, 1.82) is 0 Å². The van der Waals surface area contributed by atoms with Crippen molar-refractivity contribution in [3.8, 4) is 0 Å². The van der Waals surface area contributed by atoms with Crippen LogP contribution in [-0.2, 0) is 6.42 Å². The van der Waals surface area contributed by atoms with Crippen molar-refractivity contribution in [2.24, 2.45) is 11.7 Å². The number of nitrogens with two attached hydrogens (primary N) is 1. The molecule has 2 rings (SSSR count). The molecule has 2 N–H and O–H groups in total. The van der Waals surface area contributed by atoms with Crippen LogP contribution in [0.5, 0.6) is 0 Å². The number of piperidine rings is 1. The molecule has 17 heavy (non-hydrogen) atoms. The lowest BCUT2D eigenvalue weighted by atomic mass is 9.94. The van der Waals surface area contributed by atoms with Crippen LogP contribution in [0.1, 0.15) is 24.6 Å². The third kappa shape index (κ3) is 4.26. The van der Waals surface area contributed by atoms with E-state index in [4.69, 9.17) is 10.3 Å². The Balaban J connectivity index is 0.00000144. The molecule has 6 heteroatoms. The van der Waals surface area contributed by atoms with Crippen LogP contribution in [0.2, 0.25) is 0 Å². The first-order valence-electron chi connectivity index (χ1n) is 5.99. The highest BCUT2D eigenvalue weighted by atomic mass is 35.5. The number of aryl methyl sites for hydroxylation is 1. The molecule has 2 heterocycles. The average molecular weight is 261 g/mol. The summed E-state index contributed by atoms with van der Waals surface area (Å²) in [6.45, 7) is 5.87. The fourth-order valence-electron chi connectivity index (χ4n) is 2.39. The molecule has 0 aromatic carbocycles. The minimum atomic E-state index is 0. The number of halogens is 1. The molecule has 0 saturated carbocycles. The lowest BCUT2D eigenvalue weighted by Gasteiger charge is -2.31. The van der Waals surface area contributed by atoms with Gasteiger partial charge in [-0.15, -0.1) is 12.4 Å². The molecule has 1 unspecified atom stereocenters. The predicted molar refractivity (Wildman–Crippen MR) is 68.2 cm³/mol. The zero-order valence-electron chi connectivity index (χ0n) is 10.3. The summed E-state index contributed by atoms with van der Waals surface area (Å²) in [5, 5.41) is 3.95. The zero-order valence-corrected chi connectivity index (χ0v) is 11.1. The molecule has 1 aromatic heterocycles. The van der Waals surface area contributed by atoms with E-state index in [-0.39, 0.29) is 12.4 Å². The van der Waals surface area contributed by atoms with E-state index in [0.29, 0.717) is 11.8 Å². The van der Waals surface area contributed by atoms with E-state index in [9.17, 15) is 0 Å². The molecule has 98 valence electrons. The molecule has 0 spiro atoms. The maximum Gasteiger partial charge on any atom is 0.223 e. The van der Waals surface area contributed by atoms with Crippen LogP contribution in [0.15, 0.2) is 4.52 Å². The van der Waals surface area contributed by atoms with Crippen LogP contribution in [0.4, 0.5) is 0 Å². The normalized spacial score (nSPS) is 21.2. The van der Waals surface area contributed by atoms with Gasteiger partial charge in [-0.05, 0) is 25.3 Å². The van der Waals surface area contributed by atoms with Crippen molar-refractivity contribution < 1.29 is 4.52 Å². The molecule has 0 aliphatic carbocycles. The van der Waals surface area contributed by atoms with E-state index >= 15 is 0 Å². The minimum Gasteiger partial charge on any atom is -0.340 e. The minimum absolute atomic E-state index is 0. The van der Waals surface area contributed by atoms with Gasteiger partial charge in [0.15, 0.2) is 5.82 Å². The van der Waals surface area contributed by atoms with Crippen molar-refractivity contribution in [2.45, 2.75) is 26.2 Å². The second-order valence-corrected chi connectivity index (χ2v) is 4.53. The Morgan fingerprint density at radius 3 is 3.00 bits per heavy atom. The van der Waals surface area contributed by atoms with Crippen LogP contribution in [0, 0.1) is 12.8 Å². The predicted octanol–water partition coefficient (Wildman–Crippen LogP) is 1.01. The SMILES string of the molecule is Cc1nc(CC2CCCN(CCN)C2)no1.Cl. The van der Waals surface area contributed by atoms with Gasteiger partial charge in [-0.2, -0.15) is 4.98 Å². The maximum atomic E-state index is 5.58. The Morgan fingerprint density at radius 2 is 2.35 bits per heavy atom. The van der Waals surface area contributed by atoms with Crippen LogP contribution in [-0.4, -0.2) is 41.2 Å². The lowest BCUT2D eigenvalue weighted by molar-refractivity contribution is 0.176. The standard InChI is InChI=1S/C11H20N4O.ClH/c1-9-13-11(14-16-9)7-10-3-2-5-15(8-10)6-4-12;/h10H,2-8,12H2,1H3;1H. The summed E-state index contributed by atoms with van der Waals surface area (Å²) >= 11 is 0. The molecule has 1 aliphatic rings. The first-order valence-corrected chi connectivity index (χ1v) is 5.99. The second kappa shape index (κ2) is 6.93. The monoisotopic (exact) mass is 260 g/mol. The van der Waals surface area contributed by atoms with E-state index in [0.717, 1.165) is 31.9 Å². The van der Waals surface area contributed by atoms with Crippen LogP contribution >= 0.6 is 12.4 Å². The van der Waals surface area contributed by atoms with Crippen LogP contribution in [0.3, 0.4) is 0 Å². The third-order valence-electron chi connectivity index (χ3n) is 3.09. The fourth-order valence-corrected chi connectivity index (χ4v) is 2.39. The highest BCUT2D eigenvalue weighted by molar-refractivity contribution is 5.85. The first kappa shape index (κ1) is 14.4. The van der Waals surface area contributed by atoms with Crippen LogP contribution in [0.25, 0.3) is 0 Å². The Bertz CT molecular complexity index is 329. The molecule has 1 saturated heterocycles. The van der Waals surface area contributed by atoms with Gasteiger partial charge < -0.3 is 15.2 Å². The zero-order chi connectivity index (χ0) is 11.4. The smallest absolute Gasteiger partial charge is 0.223 e. The van der Waals surface area contributed by atoms with E-state index in [1.165, 1.54) is 19.4 Å². The molecule has 1 aliphatic heterocycles. The number of rotatable bonds is 4. The molecular weight excluding hydrogens is 240 g/mol. The van der Waals surface area contributed by atoms with Gasteiger partial charge in [-0.3, -0.25) is 0 Å². The Kier molecular flexibility index (Phi) is 5.88. The van der Waals surface area contributed by atoms with Gasteiger partial charge in [-0.25, -0.2) is 0 Å². The van der Waals surface area contributed by atoms with Gasteiger partial charge in [0.25, 0.3) is 0 Å². The lowest BCUT2D eigenvalue weighted by Crippen LogP contribution is -2.39. The fraction of sp³-hybridized carbons (Fsp3) is 0.818. The topological polar surface area (TPSA) is 68.2 Å². The third-order valence-corrected chi connectivity index (χ3v) is 3.09. The number of aromatic nitrogens is 2. The van der Waals surface area contributed by atoms with Gasteiger partial charge in [0.05, 0.1) is 0 Å². The summed E-state index contributed by atoms with van der Waals surface area (Å²) < 4.78 is 4.99. The van der Waals surface area contributed by atoms with Gasteiger partial charge >= 0.3 is 0 Å². The van der Waals surface area contributed by atoms with Crippen LogP contribution < -0.4 is 5.73 Å². The number of hydrogen-bond donors (Lipinski definition) is 1. The van der Waals surface area contributed by atoms with Gasteiger partial charge in [0, 0.05) is 33.0 Å². The van der Waals surface area contributed by atoms with Gasteiger partial charge in [0.1, 0.15) is 0 Å². The van der Waals surface area contributed by atoms with Crippen molar-refractivity contribution in [1.82, 2.24) is 15.0 Å². The largest absolute Gasteiger partial charge is 0.340 e. The molecule has 1 aromatic rings. The summed E-state index contributed by atoms with van der Waals surface area (Å²) in [7, 11) is 0. The highest BCUT2D eigenvalue weighted by Gasteiger charge is 2.21. The molecule has 5 nitrogen and oxygen atoms in total. The summed E-state index contributed by atoms with van der Waals surface area (Å²) in [6, 6.07) is 0. The highest BCUT2D eigenvalue weighted by Crippen LogP contribution is 2.19. The van der Waals surface area contributed by atoms with E-state index < -0.39 is 0 Å². The first-order chi connectivity index (χ1) is 7.78. The number of likely N-dealkylation sites (tertiary alicyclic amines) is 1. The Hall–Kier alpha value is -0.650. The van der Waals surface area contributed by atoms with E-state index in [2.05, 4.69) is 15.0 Å². The molecule has 0 radical (unpaired) electrons. The van der Waals surface area contributed by atoms with E-state index in [1.807, 2.05) is 6.92 Å². The molecule has 0 amide bonds. The van der Waals surface area contributed by atoms with Crippen molar-refractivity contribution >= 4 is 12.4 Å². The number of nitrogens with zero attached hydrogens (tertiary/aromatic N) is 3. The van der Waals surface area contributed by atoms with Gasteiger partial charge in [-0.1, -0.05) is 5.16 Å². The average Bonchev–Trinajstić information content (AvgIpc) is 2.65. The van der Waals surface area contributed by atoms with Crippen molar-refractivity contribution in [3.05, 3.63) is 11.7 Å². The summed E-state index contributed by atoms with van der Waals surface area (Å²) in [4.78, 5) is 6.69. The molecular formula is C11H21ClN4O. The summed E-state index contributed by atoms with van der Waals surface area (Å²) in [5.41, 5.74) is 5.58. The van der Waals surface area contributed by atoms with Crippen molar-refractivity contribution in [2.75, 3.05) is 26.2 Å². The number of hydrogen-bond acceptors (Lipinski definition) is 5.